The lowest BCUT2D eigenvalue weighted by Gasteiger charge is -2.13. The number of ether oxygens (including phenoxy) is 1. The molecule has 0 bridgehead atoms. The number of hydrogen-bond acceptors (Lipinski definition) is 3. The molecule has 2 rings (SSSR count). The fourth-order valence-electron chi connectivity index (χ4n) is 2.59. The third-order valence-corrected chi connectivity index (χ3v) is 3.76. The van der Waals surface area contributed by atoms with Gasteiger partial charge < -0.3 is 10.1 Å². The van der Waals surface area contributed by atoms with Gasteiger partial charge in [-0.1, -0.05) is 17.7 Å². The third-order valence-electron chi connectivity index (χ3n) is 3.76. The SMILES string of the molecule is CCOC(=O)Nc1cccc(C(=O)NCCC2=CCCCC2)c1. The Hall–Kier alpha value is -2.30. The summed E-state index contributed by atoms with van der Waals surface area (Å²) < 4.78 is 4.82. The minimum absolute atomic E-state index is 0.131. The summed E-state index contributed by atoms with van der Waals surface area (Å²) in [6.07, 6.45) is 7.51. The summed E-state index contributed by atoms with van der Waals surface area (Å²) in [5.74, 6) is -0.131. The van der Waals surface area contributed by atoms with Crippen LogP contribution < -0.4 is 10.6 Å². The number of rotatable bonds is 6. The molecule has 5 nitrogen and oxygen atoms in total. The van der Waals surface area contributed by atoms with E-state index in [1.54, 1.807) is 31.2 Å². The second kappa shape index (κ2) is 8.98. The van der Waals surface area contributed by atoms with E-state index in [4.69, 9.17) is 4.74 Å². The van der Waals surface area contributed by atoms with E-state index >= 15 is 0 Å². The molecular formula is C18H24N2O3. The maximum atomic E-state index is 12.2. The van der Waals surface area contributed by atoms with Gasteiger partial charge in [0.05, 0.1) is 6.61 Å². The number of benzene rings is 1. The molecule has 1 aromatic rings. The van der Waals surface area contributed by atoms with E-state index in [-0.39, 0.29) is 5.91 Å². The number of anilines is 1. The molecule has 124 valence electrons. The smallest absolute Gasteiger partial charge is 0.411 e. The molecule has 1 aliphatic carbocycles. The van der Waals surface area contributed by atoms with Gasteiger partial charge in [0.1, 0.15) is 0 Å². The highest BCUT2D eigenvalue weighted by Gasteiger charge is 2.09. The fourth-order valence-corrected chi connectivity index (χ4v) is 2.59. The van der Waals surface area contributed by atoms with Crippen molar-refractivity contribution in [3.63, 3.8) is 0 Å². The van der Waals surface area contributed by atoms with Gasteiger partial charge in [-0.25, -0.2) is 4.79 Å². The van der Waals surface area contributed by atoms with Gasteiger partial charge in [-0.3, -0.25) is 10.1 Å². The first-order chi connectivity index (χ1) is 11.2. The number of amides is 2. The minimum Gasteiger partial charge on any atom is -0.450 e. The van der Waals surface area contributed by atoms with Crippen molar-refractivity contribution in [3.8, 4) is 0 Å². The Bertz CT molecular complexity index is 581. The van der Waals surface area contributed by atoms with Gasteiger partial charge in [0.25, 0.3) is 5.91 Å². The average Bonchev–Trinajstić information content (AvgIpc) is 2.56. The van der Waals surface area contributed by atoms with E-state index in [0.717, 1.165) is 19.3 Å². The van der Waals surface area contributed by atoms with Crippen molar-refractivity contribution in [1.82, 2.24) is 5.32 Å². The zero-order chi connectivity index (χ0) is 16.5. The van der Waals surface area contributed by atoms with Crippen LogP contribution in [0.15, 0.2) is 35.9 Å². The Kier molecular flexibility index (Phi) is 6.66. The van der Waals surface area contributed by atoms with E-state index in [0.29, 0.717) is 24.4 Å². The number of allylic oxidation sites excluding steroid dienone is 1. The summed E-state index contributed by atoms with van der Waals surface area (Å²) in [6.45, 7) is 2.69. The predicted octanol–water partition coefficient (Wildman–Crippen LogP) is 3.88. The highest BCUT2D eigenvalue weighted by Crippen LogP contribution is 2.19. The molecule has 1 aliphatic rings. The Morgan fingerprint density at radius 1 is 1.26 bits per heavy atom. The Labute approximate surface area is 137 Å². The van der Waals surface area contributed by atoms with Crippen molar-refractivity contribution in [3.05, 3.63) is 41.5 Å². The summed E-state index contributed by atoms with van der Waals surface area (Å²) in [4.78, 5) is 23.6. The molecule has 0 spiro atoms. The lowest BCUT2D eigenvalue weighted by atomic mass is 9.97. The topological polar surface area (TPSA) is 67.4 Å². The Balaban J connectivity index is 1.84. The molecule has 0 saturated carbocycles. The van der Waals surface area contributed by atoms with Crippen LogP contribution in [0.5, 0.6) is 0 Å². The van der Waals surface area contributed by atoms with E-state index in [1.165, 1.54) is 18.4 Å². The third kappa shape index (κ3) is 5.77. The van der Waals surface area contributed by atoms with Gasteiger partial charge in [0.15, 0.2) is 0 Å². The van der Waals surface area contributed by atoms with Crippen LogP contribution in [0, 0.1) is 0 Å². The number of nitrogens with one attached hydrogen (secondary N) is 2. The molecule has 0 aromatic heterocycles. The van der Waals surface area contributed by atoms with Crippen LogP contribution in [0.1, 0.15) is 49.4 Å². The van der Waals surface area contributed by atoms with Crippen LogP contribution in [0.3, 0.4) is 0 Å². The molecule has 5 heteroatoms. The van der Waals surface area contributed by atoms with E-state index in [9.17, 15) is 9.59 Å². The van der Waals surface area contributed by atoms with Crippen molar-refractivity contribution < 1.29 is 14.3 Å². The molecule has 2 N–H and O–H groups in total. The number of carbonyl (C=O) groups excluding carboxylic acids is 2. The largest absolute Gasteiger partial charge is 0.450 e. The molecule has 1 aromatic carbocycles. The molecule has 0 atom stereocenters. The molecule has 0 radical (unpaired) electrons. The van der Waals surface area contributed by atoms with Crippen LogP contribution in [-0.4, -0.2) is 25.2 Å². The van der Waals surface area contributed by atoms with Crippen molar-refractivity contribution in [2.75, 3.05) is 18.5 Å². The van der Waals surface area contributed by atoms with Gasteiger partial charge >= 0.3 is 6.09 Å². The van der Waals surface area contributed by atoms with E-state index in [1.807, 2.05) is 0 Å². The van der Waals surface area contributed by atoms with Crippen LogP contribution in [0.25, 0.3) is 0 Å². The fraction of sp³-hybridized carbons (Fsp3) is 0.444. The summed E-state index contributed by atoms with van der Waals surface area (Å²) in [7, 11) is 0. The van der Waals surface area contributed by atoms with Crippen LogP contribution in [-0.2, 0) is 4.74 Å². The molecular weight excluding hydrogens is 292 g/mol. The monoisotopic (exact) mass is 316 g/mol. The first-order valence-electron chi connectivity index (χ1n) is 8.19. The molecule has 0 saturated heterocycles. The van der Waals surface area contributed by atoms with Crippen molar-refractivity contribution in [2.45, 2.75) is 39.0 Å². The van der Waals surface area contributed by atoms with Gasteiger partial charge in [-0.05, 0) is 57.2 Å². The lowest BCUT2D eigenvalue weighted by Crippen LogP contribution is -2.25. The van der Waals surface area contributed by atoms with Gasteiger partial charge in [-0.2, -0.15) is 0 Å². The zero-order valence-corrected chi connectivity index (χ0v) is 13.6. The Morgan fingerprint density at radius 3 is 2.87 bits per heavy atom. The minimum atomic E-state index is -0.519. The standard InChI is InChI=1S/C18H24N2O3/c1-2-23-18(22)20-16-10-6-9-15(13-16)17(21)19-12-11-14-7-4-3-5-8-14/h6-7,9-10,13H,2-5,8,11-12H2,1H3,(H,19,21)(H,20,22). The van der Waals surface area contributed by atoms with E-state index < -0.39 is 6.09 Å². The molecule has 0 aliphatic heterocycles. The van der Waals surface area contributed by atoms with Gasteiger partial charge in [-0.15, -0.1) is 0 Å². The van der Waals surface area contributed by atoms with Crippen LogP contribution >= 0.6 is 0 Å². The van der Waals surface area contributed by atoms with E-state index in [2.05, 4.69) is 16.7 Å². The van der Waals surface area contributed by atoms with Crippen LogP contribution in [0.2, 0.25) is 0 Å². The second-order valence-corrected chi connectivity index (χ2v) is 5.54. The first kappa shape index (κ1) is 17.1. The van der Waals surface area contributed by atoms with Gasteiger partial charge in [0.2, 0.25) is 0 Å². The molecule has 0 fully saturated rings. The summed E-state index contributed by atoms with van der Waals surface area (Å²) >= 11 is 0. The summed E-state index contributed by atoms with van der Waals surface area (Å²) in [5, 5.41) is 5.52. The first-order valence-corrected chi connectivity index (χ1v) is 8.19. The van der Waals surface area contributed by atoms with Crippen molar-refractivity contribution in [1.29, 1.82) is 0 Å². The summed E-state index contributed by atoms with van der Waals surface area (Å²) in [5.41, 5.74) is 2.51. The highest BCUT2D eigenvalue weighted by molar-refractivity contribution is 5.96. The van der Waals surface area contributed by atoms with Crippen molar-refractivity contribution in [2.24, 2.45) is 0 Å². The zero-order valence-electron chi connectivity index (χ0n) is 13.6. The normalized spacial score (nSPS) is 13.9. The molecule has 2 amide bonds. The second-order valence-electron chi connectivity index (χ2n) is 5.54. The quantitative estimate of drug-likeness (QED) is 0.783. The average molecular weight is 316 g/mol. The maximum Gasteiger partial charge on any atom is 0.411 e. The number of carbonyl (C=O) groups is 2. The van der Waals surface area contributed by atoms with Crippen LogP contribution in [0.4, 0.5) is 10.5 Å². The molecule has 23 heavy (non-hydrogen) atoms. The predicted molar refractivity (Wildman–Crippen MR) is 90.6 cm³/mol. The number of hydrogen-bond donors (Lipinski definition) is 2. The highest BCUT2D eigenvalue weighted by atomic mass is 16.5. The van der Waals surface area contributed by atoms with Gasteiger partial charge in [0, 0.05) is 17.8 Å². The summed E-state index contributed by atoms with van der Waals surface area (Å²) in [6, 6.07) is 6.83. The lowest BCUT2D eigenvalue weighted by molar-refractivity contribution is 0.0954. The molecule has 0 unspecified atom stereocenters. The molecule has 0 heterocycles. The Morgan fingerprint density at radius 2 is 2.13 bits per heavy atom. The van der Waals surface area contributed by atoms with Crippen molar-refractivity contribution >= 4 is 17.7 Å². The maximum absolute atomic E-state index is 12.2.